The number of carbonyl (C=O) groups is 1. The van der Waals surface area contributed by atoms with Crippen LogP contribution in [-0.2, 0) is 4.79 Å². The van der Waals surface area contributed by atoms with Crippen LogP contribution < -0.4 is 15.4 Å². The first-order valence-electron chi connectivity index (χ1n) is 6.72. The number of aromatic nitrogens is 1. The van der Waals surface area contributed by atoms with E-state index < -0.39 is 0 Å². The molecule has 2 rings (SSSR count). The Bertz CT molecular complexity index is 668. The van der Waals surface area contributed by atoms with Gasteiger partial charge in [-0.25, -0.2) is 0 Å². The molecule has 0 saturated heterocycles. The maximum absolute atomic E-state index is 12.0. The minimum Gasteiger partial charge on any atom is -0.497 e. The Morgan fingerprint density at radius 2 is 2.24 bits per heavy atom. The quantitative estimate of drug-likeness (QED) is 0.798. The maximum Gasteiger partial charge on any atom is 0.178 e. The summed E-state index contributed by atoms with van der Waals surface area (Å²) >= 11 is 0. The maximum atomic E-state index is 12.0. The van der Waals surface area contributed by atoms with Gasteiger partial charge in [-0.1, -0.05) is 6.07 Å². The molecule has 0 aliphatic rings. The first kappa shape index (κ1) is 14.8. The van der Waals surface area contributed by atoms with Crippen molar-refractivity contribution in [3.8, 4) is 5.75 Å². The average Bonchev–Trinajstić information content (AvgIpc) is 2.52. The largest absolute Gasteiger partial charge is 0.497 e. The summed E-state index contributed by atoms with van der Waals surface area (Å²) in [6, 6.07) is 7.24. The molecule has 0 saturated carbocycles. The van der Waals surface area contributed by atoms with Gasteiger partial charge in [-0.2, -0.15) is 0 Å². The smallest absolute Gasteiger partial charge is 0.178 e. The summed E-state index contributed by atoms with van der Waals surface area (Å²) in [5.41, 5.74) is 1.60. The number of rotatable bonds is 6. The highest BCUT2D eigenvalue weighted by Crippen LogP contribution is 2.28. The summed E-state index contributed by atoms with van der Waals surface area (Å²) in [6.45, 7) is 1.82. The highest BCUT2D eigenvalue weighted by atomic mass is 16.5. The molecule has 2 N–H and O–H groups in total. The predicted octanol–water partition coefficient (Wildman–Crippen LogP) is 2.35. The van der Waals surface area contributed by atoms with Gasteiger partial charge in [-0.15, -0.1) is 0 Å². The van der Waals surface area contributed by atoms with E-state index in [0.29, 0.717) is 0 Å². The molecule has 5 nitrogen and oxygen atoms in total. The number of pyridine rings is 1. The summed E-state index contributed by atoms with van der Waals surface area (Å²) in [7, 11) is 3.37. The van der Waals surface area contributed by atoms with Crippen molar-refractivity contribution >= 4 is 22.4 Å². The number of nitrogens with zero attached hydrogens (tertiary/aromatic N) is 1. The lowest BCUT2D eigenvalue weighted by atomic mass is 10.1. The third kappa shape index (κ3) is 3.51. The first-order valence-corrected chi connectivity index (χ1v) is 6.72. The van der Waals surface area contributed by atoms with Gasteiger partial charge < -0.3 is 15.4 Å². The molecule has 0 amide bonds. The molecule has 0 aliphatic heterocycles. The van der Waals surface area contributed by atoms with Crippen LogP contribution in [0.1, 0.15) is 6.92 Å². The number of hydrogen-bond acceptors (Lipinski definition) is 5. The molecule has 1 aromatic heterocycles. The molecule has 1 unspecified atom stereocenters. The number of anilines is 1. The standard InChI is InChI=1S/C16H19N3O2/c1-11(15(20)6-8-17-2)19-14-10-13(21-3)9-12-5-4-7-18-16(12)14/h4-11,17,19H,1-3H3/b8-6+. The summed E-state index contributed by atoms with van der Waals surface area (Å²) in [5, 5.41) is 6.96. The molecule has 1 atom stereocenters. The number of ketones is 1. The van der Waals surface area contributed by atoms with Crippen LogP contribution in [0.4, 0.5) is 5.69 Å². The number of fused-ring (bicyclic) bond motifs is 1. The van der Waals surface area contributed by atoms with Crippen LogP contribution in [0.25, 0.3) is 10.9 Å². The normalized spacial score (nSPS) is 12.3. The topological polar surface area (TPSA) is 63.2 Å². The van der Waals surface area contributed by atoms with Crippen molar-refractivity contribution in [3.63, 3.8) is 0 Å². The van der Waals surface area contributed by atoms with Crippen LogP contribution in [-0.4, -0.2) is 31.0 Å². The van der Waals surface area contributed by atoms with Gasteiger partial charge >= 0.3 is 0 Å². The molecule has 110 valence electrons. The average molecular weight is 285 g/mol. The molecule has 1 aromatic carbocycles. The minimum atomic E-state index is -0.355. The summed E-state index contributed by atoms with van der Waals surface area (Å²) in [4.78, 5) is 16.3. The lowest BCUT2D eigenvalue weighted by molar-refractivity contribution is -0.115. The van der Waals surface area contributed by atoms with Gasteiger partial charge in [0.2, 0.25) is 0 Å². The van der Waals surface area contributed by atoms with E-state index in [1.54, 1.807) is 26.6 Å². The van der Waals surface area contributed by atoms with Crippen molar-refractivity contribution < 1.29 is 9.53 Å². The lowest BCUT2D eigenvalue weighted by Gasteiger charge is -2.15. The molecular weight excluding hydrogens is 266 g/mol. The van der Waals surface area contributed by atoms with E-state index in [-0.39, 0.29) is 11.8 Å². The van der Waals surface area contributed by atoms with E-state index in [0.717, 1.165) is 22.3 Å². The molecule has 0 bridgehead atoms. The SMILES string of the molecule is CN/C=C/C(=O)C(C)Nc1cc(OC)cc2cccnc12. The molecule has 0 spiro atoms. The second-order valence-electron chi connectivity index (χ2n) is 4.64. The van der Waals surface area contributed by atoms with Gasteiger partial charge in [-0.3, -0.25) is 9.78 Å². The molecule has 0 radical (unpaired) electrons. The molecule has 21 heavy (non-hydrogen) atoms. The van der Waals surface area contributed by atoms with E-state index in [1.165, 1.54) is 6.08 Å². The van der Waals surface area contributed by atoms with E-state index in [9.17, 15) is 4.79 Å². The van der Waals surface area contributed by atoms with Crippen molar-refractivity contribution in [1.29, 1.82) is 0 Å². The third-order valence-electron chi connectivity index (χ3n) is 3.13. The van der Waals surface area contributed by atoms with Crippen molar-refractivity contribution in [2.75, 3.05) is 19.5 Å². The zero-order chi connectivity index (χ0) is 15.2. The Kier molecular flexibility index (Phi) is 4.77. The van der Waals surface area contributed by atoms with E-state index in [1.807, 2.05) is 31.2 Å². The fourth-order valence-electron chi connectivity index (χ4n) is 2.01. The summed E-state index contributed by atoms with van der Waals surface area (Å²) < 4.78 is 5.29. The Labute approximate surface area is 124 Å². The molecule has 5 heteroatoms. The number of nitrogens with one attached hydrogen (secondary N) is 2. The zero-order valence-corrected chi connectivity index (χ0v) is 12.4. The number of benzene rings is 1. The van der Waals surface area contributed by atoms with Crippen molar-refractivity contribution in [1.82, 2.24) is 10.3 Å². The second-order valence-corrected chi connectivity index (χ2v) is 4.64. The number of methoxy groups -OCH3 is 1. The molecule has 0 fully saturated rings. The Hall–Kier alpha value is -2.56. The third-order valence-corrected chi connectivity index (χ3v) is 3.13. The van der Waals surface area contributed by atoms with Gasteiger partial charge in [0, 0.05) is 24.7 Å². The van der Waals surface area contributed by atoms with Gasteiger partial charge in [0.1, 0.15) is 5.75 Å². The van der Waals surface area contributed by atoms with Crippen molar-refractivity contribution in [3.05, 3.63) is 42.7 Å². The molecular formula is C16H19N3O2. The molecule has 2 aromatic rings. The van der Waals surface area contributed by atoms with Crippen LogP contribution in [0, 0.1) is 0 Å². The number of hydrogen-bond donors (Lipinski definition) is 2. The molecule has 0 aliphatic carbocycles. The van der Waals surface area contributed by atoms with Gasteiger partial charge in [0.05, 0.1) is 24.4 Å². The van der Waals surface area contributed by atoms with Crippen LogP contribution in [0.2, 0.25) is 0 Å². The van der Waals surface area contributed by atoms with E-state index in [2.05, 4.69) is 15.6 Å². The van der Waals surface area contributed by atoms with Crippen LogP contribution in [0.15, 0.2) is 42.7 Å². The highest BCUT2D eigenvalue weighted by molar-refractivity contribution is 5.98. The fraction of sp³-hybridized carbons (Fsp3) is 0.250. The number of carbonyl (C=O) groups excluding carboxylic acids is 1. The summed E-state index contributed by atoms with van der Waals surface area (Å²) in [6.07, 6.45) is 4.85. The summed E-state index contributed by atoms with van der Waals surface area (Å²) in [5.74, 6) is 0.708. The Morgan fingerprint density at radius 1 is 1.43 bits per heavy atom. The van der Waals surface area contributed by atoms with Crippen molar-refractivity contribution in [2.24, 2.45) is 0 Å². The van der Waals surface area contributed by atoms with E-state index in [4.69, 9.17) is 4.74 Å². The van der Waals surface area contributed by atoms with Gasteiger partial charge in [-0.05, 0) is 31.3 Å². The Morgan fingerprint density at radius 3 is 2.95 bits per heavy atom. The lowest BCUT2D eigenvalue weighted by Crippen LogP contribution is -2.25. The fourth-order valence-corrected chi connectivity index (χ4v) is 2.01. The minimum absolute atomic E-state index is 0.0174. The first-order chi connectivity index (χ1) is 10.2. The zero-order valence-electron chi connectivity index (χ0n) is 12.4. The predicted molar refractivity (Wildman–Crippen MR) is 84.6 cm³/mol. The monoisotopic (exact) mass is 285 g/mol. The number of ether oxygens (including phenoxy) is 1. The molecule has 1 heterocycles. The van der Waals surface area contributed by atoms with Crippen LogP contribution in [0.3, 0.4) is 0 Å². The second kappa shape index (κ2) is 6.74. The van der Waals surface area contributed by atoms with Gasteiger partial charge in [0.25, 0.3) is 0 Å². The highest BCUT2D eigenvalue weighted by Gasteiger charge is 2.13. The van der Waals surface area contributed by atoms with Crippen LogP contribution in [0.5, 0.6) is 5.75 Å². The van der Waals surface area contributed by atoms with E-state index >= 15 is 0 Å². The Balaban J connectivity index is 2.32. The van der Waals surface area contributed by atoms with Gasteiger partial charge in [0.15, 0.2) is 5.78 Å². The van der Waals surface area contributed by atoms with Crippen LogP contribution >= 0.6 is 0 Å². The van der Waals surface area contributed by atoms with Crippen molar-refractivity contribution in [2.45, 2.75) is 13.0 Å².